The van der Waals surface area contributed by atoms with Crippen LogP contribution >= 0.6 is 0 Å². The van der Waals surface area contributed by atoms with E-state index in [1.807, 2.05) is 55.1 Å². The SMILES string of the molecule is CC(C)C(=O)N1CCC[C@H](C(=O)Nc2cccc(-c3cc4ccccc4[nH]3)c2)C1. The number of carbonyl (C=O) groups excluding carboxylic acids is 2. The highest BCUT2D eigenvalue weighted by molar-refractivity contribution is 5.94. The second kappa shape index (κ2) is 8.11. The minimum absolute atomic E-state index is 0.0138. The number of hydrogen-bond acceptors (Lipinski definition) is 2. The average Bonchev–Trinajstić information content (AvgIpc) is 3.18. The van der Waals surface area contributed by atoms with Crippen LogP contribution in [0, 0.1) is 11.8 Å². The number of benzene rings is 2. The predicted molar refractivity (Wildman–Crippen MR) is 117 cm³/mol. The first-order chi connectivity index (χ1) is 14.0. The fourth-order valence-electron chi connectivity index (χ4n) is 3.99. The van der Waals surface area contributed by atoms with Crippen LogP contribution in [0.15, 0.2) is 54.6 Å². The van der Waals surface area contributed by atoms with Gasteiger partial charge in [0.25, 0.3) is 0 Å². The maximum atomic E-state index is 12.8. The van der Waals surface area contributed by atoms with E-state index in [1.54, 1.807) is 0 Å². The van der Waals surface area contributed by atoms with Gasteiger partial charge in [-0.15, -0.1) is 0 Å². The summed E-state index contributed by atoms with van der Waals surface area (Å²) in [4.78, 5) is 30.4. The van der Waals surface area contributed by atoms with Gasteiger partial charge in [0.2, 0.25) is 11.8 Å². The Balaban J connectivity index is 1.47. The van der Waals surface area contributed by atoms with Gasteiger partial charge in [-0.3, -0.25) is 9.59 Å². The van der Waals surface area contributed by atoms with Crippen molar-refractivity contribution in [3.8, 4) is 11.3 Å². The molecule has 4 rings (SSSR count). The fourth-order valence-corrected chi connectivity index (χ4v) is 3.99. The van der Waals surface area contributed by atoms with Crippen LogP contribution in [0.5, 0.6) is 0 Å². The summed E-state index contributed by atoms with van der Waals surface area (Å²) in [7, 11) is 0. The van der Waals surface area contributed by atoms with Gasteiger partial charge < -0.3 is 15.2 Å². The molecule has 29 heavy (non-hydrogen) atoms. The Kier molecular flexibility index (Phi) is 5.38. The Bertz CT molecular complexity index is 1000. The lowest BCUT2D eigenvalue weighted by Gasteiger charge is -2.33. The molecule has 3 aromatic rings. The van der Waals surface area contributed by atoms with Crippen LogP contribution < -0.4 is 5.32 Å². The van der Waals surface area contributed by atoms with E-state index in [2.05, 4.69) is 28.5 Å². The zero-order chi connectivity index (χ0) is 20.4. The number of aromatic nitrogens is 1. The fraction of sp³-hybridized carbons (Fsp3) is 0.333. The molecule has 0 bridgehead atoms. The summed E-state index contributed by atoms with van der Waals surface area (Å²) in [5.41, 5.74) is 3.92. The van der Waals surface area contributed by atoms with Crippen molar-refractivity contribution in [2.45, 2.75) is 26.7 Å². The molecule has 1 aliphatic heterocycles. The molecule has 0 aliphatic carbocycles. The predicted octanol–water partition coefficient (Wildman–Crippen LogP) is 4.67. The summed E-state index contributed by atoms with van der Waals surface area (Å²) in [5, 5.41) is 4.21. The molecule has 0 radical (unpaired) electrons. The highest BCUT2D eigenvalue weighted by atomic mass is 16.2. The Morgan fingerprint density at radius 3 is 2.72 bits per heavy atom. The summed E-state index contributed by atoms with van der Waals surface area (Å²) in [6.45, 7) is 5.06. The molecule has 150 valence electrons. The number of rotatable bonds is 4. The highest BCUT2D eigenvalue weighted by Gasteiger charge is 2.29. The zero-order valence-corrected chi connectivity index (χ0v) is 16.9. The number of carbonyl (C=O) groups is 2. The number of aromatic amines is 1. The molecular weight excluding hydrogens is 362 g/mol. The number of likely N-dealkylation sites (tertiary alicyclic amines) is 1. The Labute approximate surface area is 171 Å². The number of amides is 2. The molecule has 1 atom stereocenters. The first-order valence-electron chi connectivity index (χ1n) is 10.3. The van der Waals surface area contributed by atoms with Gasteiger partial charge in [0, 0.05) is 46.9 Å². The lowest BCUT2D eigenvalue weighted by atomic mass is 9.96. The molecule has 5 heteroatoms. The molecular formula is C24H27N3O2. The second-order valence-electron chi connectivity index (χ2n) is 8.12. The smallest absolute Gasteiger partial charge is 0.229 e. The van der Waals surface area contributed by atoms with E-state index in [4.69, 9.17) is 0 Å². The Morgan fingerprint density at radius 2 is 1.93 bits per heavy atom. The number of fused-ring (bicyclic) bond motifs is 1. The minimum Gasteiger partial charge on any atom is -0.355 e. The first kappa shape index (κ1) is 19.2. The van der Waals surface area contributed by atoms with Crippen LogP contribution in [0.3, 0.4) is 0 Å². The van der Waals surface area contributed by atoms with Crippen molar-refractivity contribution >= 4 is 28.4 Å². The number of nitrogens with zero attached hydrogens (tertiary/aromatic N) is 1. The van der Waals surface area contributed by atoms with Crippen LogP contribution in [0.25, 0.3) is 22.2 Å². The summed E-state index contributed by atoms with van der Waals surface area (Å²) in [5.74, 6) is -0.0867. The van der Waals surface area contributed by atoms with Gasteiger partial charge in [0.05, 0.1) is 5.92 Å². The summed E-state index contributed by atoms with van der Waals surface area (Å²) in [6, 6.07) is 18.2. The molecule has 1 saturated heterocycles. The molecule has 2 aromatic carbocycles. The van der Waals surface area contributed by atoms with Gasteiger partial charge in [-0.1, -0.05) is 44.2 Å². The lowest BCUT2D eigenvalue weighted by molar-refractivity contribution is -0.137. The Morgan fingerprint density at radius 1 is 1.10 bits per heavy atom. The molecule has 0 saturated carbocycles. The van der Waals surface area contributed by atoms with Gasteiger partial charge in [-0.25, -0.2) is 0 Å². The number of piperidine rings is 1. The zero-order valence-electron chi connectivity index (χ0n) is 16.9. The van der Waals surface area contributed by atoms with Crippen molar-refractivity contribution in [1.82, 2.24) is 9.88 Å². The molecule has 5 nitrogen and oxygen atoms in total. The molecule has 0 unspecified atom stereocenters. The minimum atomic E-state index is -0.164. The summed E-state index contributed by atoms with van der Waals surface area (Å²) >= 11 is 0. The Hall–Kier alpha value is -3.08. The van der Waals surface area contributed by atoms with Crippen molar-refractivity contribution in [2.75, 3.05) is 18.4 Å². The van der Waals surface area contributed by atoms with Gasteiger partial charge in [-0.05, 0) is 37.1 Å². The standard InChI is InChI=1S/C24H27N3O2/c1-16(2)24(29)27-12-6-9-19(15-27)23(28)25-20-10-5-8-17(13-20)22-14-18-7-3-4-11-21(18)26-22/h3-5,7-8,10-11,13-14,16,19,26H,6,9,12,15H2,1-2H3,(H,25,28)/t19-/m0/s1. The van der Waals surface area contributed by atoms with Gasteiger partial charge in [-0.2, -0.15) is 0 Å². The lowest BCUT2D eigenvalue weighted by Crippen LogP contribution is -2.45. The van der Waals surface area contributed by atoms with Crippen molar-refractivity contribution in [3.63, 3.8) is 0 Å². The highest BCUT2D eigenvalue weighted by Crippen LogP contribution is 2.27. The monoisotopic (exact) mass is 389 g/mol. The number of nitrogens with one attached hydrogen (secondary N) is 2. The van der Waals surface area contributed by atoms with Crippen LogP contribution in [-0.4, -0.2) is 34.8 Å². The number of anilines is 1. The van der Waals surface area contributed by atoms with Crippen LogP contribution in [0.1, 0.15) is 26.7 Å². The van der Waals surface area contributed by atoms with Crippen LogP contribution in [0.4, 0.5) is 5.69 Å². The van der Waals surface area contributed by atoms with Gasteiger partial charge >= 0.3 is 0 Å². The first-order valence-corrected chi connectivity index (χ1v) is 10.3. The van der Waals surface area contributed by atoms with Gasteiger partial charge in [0.15, 0.2) is 0 Å². The van der Waals surface area contributed by atoms with E-state index in [0.29, 0.717) is 6.54 Å². The normalized spacial score (nSPS) is 16.9. The maximum Gasteiger partial charge on any atom is 0.229 e. The molecule has 1 fully saturated rings. The molecule has 2 N–H and O–H groups in total. The van der Waals surface area contributed by atoms with Crippen LogP contribution in [-0.2, 0) is 9.59 Å². The maximum absolute atomic E-state index is 12.8. The van der Waals surface area contributed by atoms with Crippen molar-refractivity contribution in [1.29, 1.82) is 0 Å². The molecule has 1 aromatic heterocycles. The van der Waals surface area contributed by atoms with E-state index in [9.17, 15) is 9.59 Å². The largest absolute Gasteiger partial charge is 0.355 e. The number of hydrogen-bond donors (Lipinski definition) is 2. The third-order valence-corrected chi connectivity index (χ3v) is 5.57. The quantitative estimate of drug-likeness (QED) is 0.681. The second-order valence-corrected chi connectivity index (χ2v) is 8.12. The molecule has 2 heterocycles. The molecule has 0 spiro atoms. The third-order valence-electron chi connectivity index (χ3n) is 5.57. The topological polar surface area (TPSA) is 65.2 Å². The summed E-state index contributed by atoms with van der Waals surface area (Å²) < 4.78 is 0. The van der Waals surface area contributed by atoms with Crippen molar-refractivity contribution < 1.29 is 9.59 Å². The number of para-hydroxylation sites is 1. The van der Waals surface area contributed by atoms with Gasteiger partial charge in [0.1, 0.15) is 0 Å². The van der Waals surface area contributed by atoms with Crippen LogP contribution in [0.2, 0.25) is 0 Å². The van der Waals surface area contributed by atoms with E-state index < -0.39 is 0 Å². The van der Waals surface area contributed by atoms with E-state index in [0.717, 1.165) is 47.2 Å². The molecule has 1 aliphatic rings. The number of H-pyrrole nitrogens is 1. The van der Waals surface area contributed by atoms with E-state index >= 15 is 0 Å². The van der Waals surface area contributed by atoms with Crippen molar-refractivity contribution in [3.05, 3.63) is 54.6 Å². The van der Waals surface area contributed by atoms with Crippen molar-refractivity contribution in [2.24, 2.45) is 11.8 Å². The molecule has 2 amide bonds. The average molecular weight is 389 g/mol. The van der Waals surface area contributed by atoms with E-state index in [-0.39, 0.29) is 23.7 Å². The summed E-state index contributed by atoms with van der Waals surface area (Å²) in [6.07, 6.45) is 1.68. The van der Waals surface area contributed by atoms with E-state index in [1.165, 1.54) is 0 Å². The third kappa shape index (κ3) is 4.19.